The van der Waals surface area contributed by atoms with Crippen molar-refractivity contribution in [2.45, 2.75) is 45.2 Å². The lowest BCUT2D eigenvalue weighted by Crippen LogP contribution is -2.25. The highest BCUT2D eigenvalue weighted by Crippen LogP contribution is 2.36. The fourth-order valence-corrected chi connectivity index (χ4v) is 5.39. The van der Waals surface area contributed by atoms with Crippen LogP contribution in [-0.4, -0.2) is 73.2 Å². The number of esters is 1. The van der Waals surface area contributed by atoms with Gasteiger partial charge in [-0.25, -0.2) is 4.98 Å². The molecule has 0 saturated carbocycles. The average Bonchev–Trinajstić information content (AvgIpc) is 3.60. The van der Waals surface area contributed by atoms with E-state index in [1.54, 1.807) is 24.1 Å². The maximum Gasteiger partial charge on any atom is 0.305 e. The van der Waals surface area contributed by atoms with E-state index in [0.717, 1.165) is 15.8 Å². The molecule has 1 amide bonds. The fourth-order valence-electron chi connectivity index (χ4n) is 4.40. The number of benzene rings is 1. The zero-order chi connectivity index (χ0) is 30.2. The smallest absolute Gasteiger partial charge is 0.305 e. The summed E-state index contributed by atoms with van der Waals surface area (Å²) < 4.78 is 28.1. The van der Waals surface area contributed by atoms with Gasteiger partial charge in [-0.3, -0.25) is 19.2 Å². The van der Waals surface area contributed by atoms with Crippen LogP contribution in [0.25, 0.3) is 10.2 Å². The van der Waals surface area contributed by atoms with E-state index in [0.29, 0.717) is 59.6 Å². The number of aromatic nitrogens is 1. The Hall–Kier alpha value is -4.39. The number of hydrogen-bond acceptors (Lipinski definition) is 11. The first-order chi connectivity index (χ1) is 20.2. The van der Waals surface area contributed by atoms with Gasteiger partial charge in [0.05, 0.1) is 62.5 Å². The predicted octanol–water partition coefficient (Wildman–Crippen LogP) is 4.00. The monoisotopic (exact) mass is 600 g/mol. The van der Waals surface area contributed by atoms with E-state index in [4.69, 9.17) is 24.1 Å². The Balaban J connectivity index is 1.32. The van der Waals surface area contributed by atoms with Crippen LogP contribution >= 0.6 is 11.3 Å². The Kier molecular flexibility index (Phi) is 10.2. The number of aliphatic carboxylic acids is 1. The topological polar surface area (TPSA) is 151 Å². The molecule has 1 aromatic carbocycles. The summed E-state index contributed by atoms with van der Waals surface area (Å²) >= 11 is 1.27. The van der Waals surface area contributed by atoms with E-state index in [9.17, 15) is 19.2 Å². The molecule has 1 aliphatic rings. The Morgan fingerprint density at radius 2 is 1.55 bits per heavy atom. The third kappa shape index (κ3) is 7.46. The number of amides is 1. The van der Waals surface area contributed by atoms with Gasteiger partial charge < -0.3 is 33.7 Å². The van der Waals surface area contributed by atoms with Gasteiger partial charge in [0.1, 0.15) is 0 Å². The standard InChI is InChI=1S/C29H32N2O10S/c1-37-21-11-17-15-31(26(33)6-7-27(34)35)16-18(17)12-22(21)40-9-4-10-41-29-23(38-2)14-24-19(30-29)13-25(42-24)20(32)5-8-28(36)39-3/h11-14H,4-10,15-16H2,1-3H3,(H,34,35). The molecule has 1 aliphatic heterocycles. The lowest BCUT2D eigenvalue weighted by molar-refractivity contribution is -0.141. The zero-order valence-electron chi connectivity index (χ0n) is 23.6. The van der Waals surface area contributed by atoms with E-state index in [1.165, 1.54) is 25.6 Å². The molecule has 224 valence electrons. The molecule has 2 aromatic heterocycles. The van der Waals surface area contributed by atoms with Crippen LogP contribution in [0.3, 0.4) is 0 Å². The number of methoxy groups -OCH3 is 3. The van der Waals surface area contributed by atoms with Crippen molar-refractivity contribution in [2.75, 3.05) is 34.5 Å². The largest absolute Gasteiger partial charge is 0.493 e. The third-order valence-electron chi connectivity index (χ3n) is 6.61. The summed E-state index contributed by atoms with van der Waals surface area (Å²) in [6.07, 6.45) is 0.342. The molecule has 1 N–H and O–H groups in total. The summed E-state index contributed by atoms with van der Waals surface area (Å²) in [7, 11) is 4.34. The van der Waals surface area contributed by atoms with Gasteiger partial charge in [0.15, 0.2) is 23.0 Å². The quantitative estimate of drug-likeness (QED) is 0.153. The highest BCUT2D eigenvalue weighted by atomic mass is 32.1. The second kappa shape index (κ2) is 14.0. The van der Waals surface area contributed by atoms with Crippen molar-refractivity contribution in [2.24, 2.45) is 0 Å². The van der Waals surface area contributed by atoms with Gasteiger partial charge in [-0.1, -0.05) is 0 Å². The number of hydrogen-bond donors (Lipinski definition) is 1. The van der Waals surface area contributed by atoms with E-state index < -0.39 is 11.9 Å². The van der Waals surface area contributed by atoms with Crippen molar-refractivity contribution < 1.29 is 48.0 Å². The summed E-state index contributed by atoms with van der Waals surface area (Å²) in [5.74, 6) is -0.0158. The highest BCUT2D eigenvalue weighted by Gasteiger charge is 2.26. The number of ether oxygens (including phenoxy) is 5. The van der Waals surface area contributed by atoms with Crippen molar-refractivity contribution in [3.8, 4) is 23.1 Å². The number of pyridine rings is 1. The highest BCUT2D eigenvalue weighted by molar-refractivity contribution is 7.20. The molecule has 3 aromatic rings. The van der Waals surface area contributed by atoms with Crippen molar-refractivity contribution in [3.63, 3.8) is 0 Å². The second-order valence-corrected chi connectivity index (χ2v) is 10.5. The number of carboxylic acid groups (broad SMARTS) is 1. The third-order valence-corrected chi connectivity index (χ3v) is 7.72. The molecule has 0 spiro atoms. The van der Waals surface area contributed by atoms with Crippen LogP contribution in [0.15, 0.2) is 24.3 Å². The fraction of sp³-hybridized carbons (Fsp3) is 0.414. The van der Waals surface area contributed by atoms with Crippen LogP contribution in [0.1, 0.15) is 52.9 Å². The summed E-state index contributed by atoms with van der Waals surface area (Å²) in [5.41, 5.74) is 2.44. The van der Waals surface area contributed by atoms with Crippen LogP contribution in [0.5, 0.6) is 23.1 Å². The molecular formula is C29H32N2O10S. The van der Waals surface area contributed by atoms with E-state index in [1.807, 2.05) is 12.1 Å². The van der Waals surface area contributed by atoms with Gasteiger partial charge in [-0.15, -0.1) is 11.3 Å². The molecule has 3 heterocycles. The molecule has 0 unspecified atom stereocenters. The van der Waals surface area contributed by atoms with E-state index in [2.05, 4.69) is 9.72 Å². The number of fused-ring (bicyclic) bond motifs is 2. The van der Waals surface area contributed by atoms with Gasteiger partial charge in [-0.05, 0) is 29.3 Å². The van der Waals surface area contributed by atoms with Crippen LogP contribution in [0, 0.1) is 0 Å². The predicted molar refractivity (Wildman–Crippen MR) is 151 cm³/mol. The second-order valence-electron chi connectivity index (χ2n) is 9.45. The molecule has 0 atom stereocenters. The van der Waals surface area contributed by atoms with Crippen LogP contribution in [0.2, 0.25) is 0 Å². The zero-order valence-corrected chi connectivity index (χ0v) is 24.4. The molecule has 4 rings (SSSR count). The summed E-state index contributed by atoms with van der Waals surface area (Å²) in [6, 6.07) is 7.13. The normalized spacial score (nSPS) is 12.1. The maximum atomic E-state index is 12.5. The average molecular weight is 601 g/mol. The minimum absolute atomic E-state index is 0.0147. The van der Waals surface area contributed by atoms with Gasteiger partial charge in [0.25, 0.3) is 5.88 Å². The number of carbonyl (C=O) groups is 4. The number of Topliss-reactive ketones (excluding diaryl/α,β-unsaturated/α-hetero) is 1. The van der Waals surface area contributed by atoms with Gasteiger partial charge >= 0.3 is 11.9 Å². The first-order valence-corrected chi connectivity index (χ1v) is 14.1. The van der Waals surface area contributed by atoms with Crippen LogP contribution in [-0.2, 0) is 32.2 Å². The molecule has 13 heteroatoms. The van der Waals surface area contributed by atoms with Gasteiger partial charge in [-0.2, -0.15) is 0 Å². The van der Waals surface area contributed by atoms with Crippen LogP contribution in [0.4, 0.5) is 0 Å². The van der Waals surface area contributed by atoms with Crippen molar-refractivity contribution >= 4 is 45.2 Å². The molecule has 12 nitrogen and oxygen atoms in total. The number of carbonyl (C=O) groups excluding carboxylic acids is 3. The minimum atomic E-state index is -1.00. The molecule has 0 saturated heterocycles. The number of thiophene rings is 1. The Bertz CT molecular complexity index is 1480. The molecular weight excluding hydrogens is 568 g/mol. The minimum Gasteiger partial charge on any atom is -0.493 e. The van der Waals surface area contributed by atoms with Gasteiger partial charge in [0.2, 0.25) is 5.91 Å². The SMILES string of the molecule is COC(=O)CCC(=O)c1cc2nc(OCCCOc3cc4c(cc3OC)CN(C(=O)CCC(=O)O)C4)c(OC)cc2s1. The first-order valence-electron chi connectivity index (χ1n) is 13.3. The first kappa shape index (κ1) is 30.6. The van der Waals surface area contributed by atoms with Crippen molar-refractivity contribution in [1.29, 1.82) is 0 Å². The lowest BCUT2D eigenvalue weighted by atomic mass is 10.1. The molecule has 0 aliphatic carbocycles. The molecule has 0 bridgehead atoms. The van der Waals surface area contributed by atoms with E-state index >= 15 is 0 Å². The van der Waals surface area contributed by atoms with Gasteiger partial charge in [0, 0.05) is 38.4 Å². The summed E-state index contributed by atoms with van der Waals surface area (Å²) in [4.78, 5) is 53.7. The maximum absolute atomic E-state index is 12.5. The van der Waals surface area contributed by atoms with Crippen molar-refractivity contribution in [3.05, 3.63) is 40.3 Å². The van der Waals surface area contributed by atoms with Crippen molar-refractivity contribution in [1.82, 2.24) is 9.88 Å². The Morgan fingerprint density at radius 1 is 0.857 bits per heavy atom. The number of ketones is 1. The summed E-state index contributed by atoms with van der Waals surface area (Å²) in [6.45, 7) is 1.37. The molecule has 42 heavy (non-hydrogen) atoms. The number of nitrogens with zero attached hydrogens (tertiary/aromatic N) is 2. The Labute approximate surface area is 246 Å². The molecule has 0 radical (unpaired) electrons. The van der Waals surface area contributed by atoms with Crippen LogP contribution < -0.4 is 18.9 Å². The van der Waals surface area contributed by atoms with E-state index in [-0.39, 0.29) is 44.0 Å². The summed E-state index contributed by atoms with van der Waals surface area (Å²) in [5, 5.41) is 8.85. The molecule has 0 fully saturated rings. The lowest BCUT2D eigenvalue weighted by Gasteiger charge is -2.14. The number of carboxylic acids is 1. The number of rotatable bonds is 15. The Morgan fingerprint density at radius 3 is 2.21 bits per heavy atom.